The fourth-order valence-corrected chi connectivity index (χ4v) is 3.09. The molecule has 0 unspecified atom stereocenters. The molecule has 0 saturated heterocycles. The summed E-state index contributed by atoms with van der Waals surface area (Å²) in [6.45, 7) is 12.7. The number of carbonyl (C=O) groups excluding carboxylic acids is 2. The average molecular weight is 355 g/mol. The van der Waals surface area contributed by atoms with E-state index in [9.17, 15) is 14.7 Å². The van der Waals surface area contributed by atoms with Crippen LogP contribution in [0.15, 0.2) is 11.6 Å². The van der Waals surface area contributed by atoms with Crippen LogP contribution in [-0.2, 0) is 9.59 Å². The van der Waals surface area contributed by atoms with Crippen molar-refractivity contribution in [1.29, 1.82) is 0 Å². The van der Waals surface area contributed by atoms with Crippen LogP contribution in [0.4, 0.5) is 0 Å². The summed E-state index contributed by atoms with van der Waals surface area (Å²) in [6, 6.07) is 0. The molecule has 0 heterocycles. The topological polar surface area (TPSA) is 54.4 Å². The third kappa shape index (κ3) is 7.85. The minimum atomic E-state index is -0.624. The van der Waals surface area contributed by atoms with E-state index in [1.807, 2.05) is 20.8 Å². The molecule has 1 saturated carbocycles. The standard InChI is InChI=1S/C10H18O2.C10H16O.2CH4/c1-9(2,3)10(12)6-4-8(11)5-7-10;1-10(2,3)8-4-6-9(11)7-5-8;;/h12H,4-7H2,1-3H3;4H,5-7H2,1-3H3;2*1H4. The molecule has 0 bridgehead atoms. The van der Waals surface area contributed by atoms with Gasteiger partial charge in [0.25, 0.3) is 0 Å². The summed E-state index contributed by atoms with van der Waals surface area (Å²) < 4.78 is 0. The number of rotatable bonds is 0. The van der Waals surface area contributed by atoms with Crippen LogP contribution in [0.1, 0.15) is 101 Å². The summed E-state index contributed by atoms with van der Waals surface area (Å²) in [4.78, 5) is 21.9. The number of allylic oxidation sites excluding steroid dienone is 2. The first-order valence-corrected chi connectivity index (χ1v) is 8.80. The molecule has 0 spiro atoms. The van der Waals surface area contributed by atoms with Crippen molar-refractivity contribution in [2.24, 2.45) is 10.8 Å². The van der Waals surface area contributed by atoms with E-state index >= 15 is 0 Å². The summed E-state index contributed by atoms with van der Waals surface area (Å²) in [5.74, 6) is 0.682. The molecular weight excluding hydrogens is 312 g/mol. The van der Waals surface area contributed by atoms with Crippen molar-refractivity contribution < 1.29 is 14.7 Å². The van der Waals surface area contributed by atoms with Crippen molar-refractivity contribution >= 4 is 11.6 Å². The molecule has 3 heteroatoms. The van der Waals surface area contributed by atoms with Gasteiger partial charge in [-0.1, -0.05) is 68.0 Å². The predicted molar refractivity (Wildman–Crippen MR) is 108 cm³/mol. The summed E-state index contributed by atoms with van der Waals surface area (Å²) in [6.07, 6.45) is 6.86. The number of aliphatic hydroxyl groups is 1. The Morgan fingerprint density at radius 1 is 0.840 bits per heavy atom. The number of hydrogen-bond acceptors (Lipinski definition) is 3. The van der Waals surface area contributed by atoms with Gasteiger partial charge in [0.15, 0.2) is 0 Å². The Kier molecular flexibility index (Phi) is 10.1. The zero-order chi connectivity index (χ0) is 17.9. The Morgan fingerprint density at radius 3 is 1.64 bits per heavy atom. The van der Waals surface area contributed by atoms with Gasteiger partial charge in [-0.25, -0.2) is 0 Å². The minimum Gasteiger partial charge on any atom is -0.389 e. The van der Waals surface area contributed by atoms with E-state index in [0.29, 0.717) is 43.7 Å². The van der Waals surface area contributed by atoms with Crippen LogP contribution in [0, 0.1) is 10.8 Å². The summed E-state index contributed by atoms with van der Waals surface area (Å²) in [7, 11) is 0. The second kappa shape index (κ2) is 9.66. The Bertz CT molecular complexity index is 462. The second-order valence-electron chi connectivity index (χ2n) is 9.04. The first kappa shape index (κ1) is 26.3. The lowest BCUT2D eigenvalue weighted by atomic mass is 9.68. The highest BCUT2D eigenvalue weighted by atomic mass is 16.3. The first-order chi connectivity index (χ1) is 10.3. The summed E-state index contributed by atoms with van der Waals surface area (Å²) in [5.41, 5.74) is 0.979. The van der Waals surface area contributed by atoms with Crippen LogP contribution >= 0.6 is 0 Å². The van der Waals surface area contributed by atoms with Crippen LogP contribution in [0.5, 0.6) is 0 Å². The highest BCUT2D eigenvalue weighted by Crippen LogP contribution is 2.40. The van der Waals surface area contributed by atoms with Gasteiger partial charge >= 0.3 is 0 Å². The number of hydrogen-bond donors (Lipinski definition) is 1. The maximum absolute atomic E-state index is 11.0. The monoisotopic (exact) mass is 354 g/mol. The molecule has 148 valence electrons. The lowest BCUT2D eigenvalue weighted by Crippen LogP contribution is -2.45. The Labute approximate surface area is 156 Å². The normalized spacial score (nSPS) is 20.4. The van der Waals surface area contributed by atoms with Gasteiger partial charge in [-0.15, -0.1) is 0 Å². The molecule has 25 heavy (non-hydrogen) atoms. The average Bonchev–Trinajstić information content (AvgIpc) is 2.41. The zero-order valence-corrected chi connectivity index (χ0v) is 15.8. The molecule has 0 amide bonds. The Hall–Kier alpha value is -0.960. The smallest absolute Gasteiger partial charge is 0.136 e. The zero-order valence-electron chi connectivity index (χ0n) is 15.8. The molecule has 2 rings (SSSR count). The van der Waals surface area contributed by atoms with Gasteiger partial charge in [0.2, 0.25) is 0 Å². The molecule has 2 aliphatic rings. The molecule has 0 aromatic rings. The van der Waals surface area contributed by atoms with E-state index in [1.165, 1.54) is 5.57 Å². The molecule has 0 radical (unpaired) electrons. The van der Waals surface area contributed by atoms with Crippen LogP contribution in [0.2, 0.25) is 0 Å². The molecule has 3 nitrogen and oxygen atoms in total. The molecule has 0 aliphatic heterocycles. The van der Waals surface area contributed by atoms with E-state index in [1.54, 1.807) is 0 Å². The maximum Gasteiger partial charge on any atom is 0.136 e. The molecule has 1 fully saturated rings. The molecule has 1 N–H and O–H groups in total. The lowest BCUT2D eigenvalue weighted by Gasteiger charge is -2.42. The first-order valence-electron chi connectivity index (χ1n) is 8.80. The molecule has 0 atom stereocenters. The van der Waals surface area contributed by atoms with Crippen LogP contribution < -0.4 is 0 Å². The number of carbonyl (C=O) groups is 2. The van der Waals surface area contributed by atoms with Gasteiger partial charge in [0, 0.05) is 25.7 Å². The van der Waals surface area contributed by atoms with Crippen molar-refractivity contribution in [3.8, 4) is 0 Å². The molecule has 2 aliphatic carbocycles. The minimum absolute atomic E-state index is 0. The van der Waals surface area contributed by atoms with Gasteiger partial charge in [0.05, 0.1) is 5.60 Å². The quantitative estimate of drug-likeness (QED) is 0.552. The van der Waals surface area contributed by atoms with Crippen molar-refractivity contribution in [2.75, 3.05) is 0 Å². The lowest BCUT2D eigenvalue weighted by molar-refractivity contribution is -0.133. The Balaban J connectivity index is 0. The van der Waals surface area contributed by atoms with Gasteiger partial charge < -0.3 is 5.11 Å². The van der Waals surface area contributed by atoms with E-state index < -0.39 is 5.60 Å². The van der Waals surface area contributed by atoms with Crippen molar-refractivity contribution in [3.63, 3.8) is 0 Å². The maximum atomic E-state index is 11.0. The SMILES string of the molecule is C.C.CC(C)(C)C1(O)CCC(=O)CC1.CC(C)(C)C1=CCC(=O)CC1. The summed E-state index contributed by atoms with van der Waals surface area (Å²) in [5, 5.41) is 10.2. The third-order valence-electron chi connectivity index (χ3n) is 5.24. The van der Waals surface area contributed by atoms with E-state index in [4.69, 9.17) is 0 Å². The van der Waals surface area contributed by atoms with Crippen LogP contribution in [-0.4, -0.2) is 22.3 Å². The van der Waals surface area contributed by atoms with Gasteiger partial charge in [0.1, 0.15) is 11.6 Å². The number of ketones is 2. The fourth-order valence-electron chi connectivity index (χ4n) is 3.09. The molecule has 0 aromatic carbocycles. The van der Waals surface area contributed by atoms with Crippen LogP contribution in [0.25, 0.3) is 0 Å². The van der Waals surface area contributed by atoms with E-state index in [2.05, 4.69) is 26.8 Å². The Morgan fingerprint density at radius 2 is 1.32 bits per heavy atom. The van der Waals surface area contributed by atoms with Crippen LogP contribution in [0.3, 0.4) is 0 Å². The van der Waals surface area contributed by atoms with Gasteiger partial charge in [-0.2, -0.15) is 0 Å². The highest BCUT2D eigenvalue weighted by molar-refractivity contribution is 5.81. The van der Waals surface area contributed by atoms with Gasteiger partial charge in [-0.05, 0) is 30.1 Å². The van der Waals surface area contributed by atoms with Crippen molar-refractivity contribution in [3.05, 3.63) is 11.6 Å². The molecule has 0 aromatic heterocycles. The predicted octanol–water partition coefficient (Wildman–Crippen LogP) is 5.89. The largest absolute Gasteiger partial charge is 0.389 e. The summed E-state index contributed by atoms with van der Waals surface area (Å²) >= 11 is 0. The fraction of sp³-hybridized carbons (Fsp3) is 0.818. The molecular formula is C22H42O3. The van der Waals surface area contributed by atoms with Crippen molar-refractivity contribution in [2.45, 2.75) is 107 Å². The van der Waals surface area contributed by atoms with Gasteiger partial charge in [-0.3, -0.25) is 9.59 Å². The third-order valence-corrected chi connectivity index (χ3v) is 5.24. The second-order valence-corrected chi connectivity index (χ2v) is 9.04. The highest BCUT2D eigenvalue weighted by Gasteiger charge is 2.42. The number of Topliss-reactive ketones (excluding diaryl/α,β-unsaturated/α-hetero) is 2. The van der Waals surface area contributed by atoms with Crippen molar-refractivity contribution in [1.82, 2.24) is 0 Å². The van der Waals surface area contributed by atoms with E-state index in [-0.39, 0.29) is 25.7 Å². The van der Waals surface area contributed by atoms with E-state index in [0.717, 1.165) is 12.8 Å².